The minimum Gasteiger partial charge on any atom is -0.480 e. The number of hydrogen-bond acceptors (Lipinski definition) is 2. The van der Waals surface area contributed by atoms with E-state index >= 15 is 0 Å². The summed E-state index contributed by atoms with van der Waals surface area (Å²) >= 11 is 3.37. The van der Waals surface area contributed by atoms with Gasteiger partial charge in [-0.3, -0.25) is 0 Å². The number of rotatable bonds is 4. The zero-order valence-corrected chi connectivity index (χ0v) is 10.4. The molecule has 0 spiro atoms. The van der Waals surface area contributed by atoms with Crippen molar-refractivity contribution in [3.63, 3.8) is 0 Å². The number of halogens is 1. The molecule has 0 saturated heterocycles. The number of hydrogen-bond donors (Lipinski definition) is 2. The number of carboxylic acid groups (broad SMARTS) is 1. The molecule has 1 aromatic carbocycles. The number of anilines is 1. The summed E-state index contributed by atoms with van der Waals surface area (Å²) in [5, 5.41) is 12.3. The van der Waals surface area contributed by atoms with Crippen LogP contribution in [0.2, 0.25) is 0 Å². The number of benzene rings is 1. The number of nitrogens with one attached hydrogen (secondary N) is 1. The molecule has 1 unspecified atom stereocenters. The highest BCUT2D eigenvalue weighted by atomic mass is 79.9. The van der Waals surface area contributed by atoms with Crippen LogP contribution in [-0.4, -0.2) is 17.1 Å². The molecule has 2 rings (SSSR count). The van der Waals surface area contributed by atoms with Crippen LogP contribution in [-0.2, 0) is 4.79 Å². The fraction of sp³-hybridized carbons (Fsp3) is 0.417. The first-order valence-electron chi connectivity index (χ1n) is 5.42. The Kier molecular flexibility index (Phi) is 3.49. The largest absolute Gasteiger partial charge is 0.480 e. The molecule has 1 aromatic rings. The van der Waals surface area contributed by atoms with E-state index in [0.29, 0.717) is 0 Å². The molecule has 0 heterocycles. The molecule has 0 aromatic heterocycles. The van der Waals surface area contributed by atoms with Crippen molar-refractivity contribution in [2.75, 3.05) is 5.32 Å². The monoisotopic (exact) mass is 283 g/mol. The van der Waals surface area contributed by atoms with E-state index in [1.54, 1.807) is 0 Å². The Labute approximate surface area is 103 Å². The molecule has 86 valence electrons. The maximum Gasteiger partial charge on any atom is 0.326 e. The van der Waals surface area contributed by atoms with Gasteiger partial charge in [0, 0.05) is 10.2 Å². The average Bonchev–Trinajstić information content (AvgIpc) is 2.14. The molecule has 16 heavy (non-hydrogen) atoms. The van der Waals surface area contributed by atoms with Gasteiger partial charge in [-0.25, -0.2) is 4.79 Å². The lowest BCUT2D eigenvalue weighted by Gasteiger charge is -2.32. The zero-order chi connectivity index (χ0) is 11.5. The van der Waals surface area contributed by atoms with E-state index < -0.39 is 12.0 Å². The van der Waals surface area contributed by atoms with Crippen LogP contribution in [0.3, 0.4) is 0 Å². The van der Waals surface area contributed by atoms with Crippen LogP contribution in [0.1, 0.15) is 19.3 Å². The summed E-state index contributed by atoms with van der Waals surface area (Å²) in [6.07, 6.45) is 3.17. The van der Waals surface area contributed by atoms with Gasteiger partial charge >= 0.3 is 5.97 Å². The second-order valence-corrected chi connectivity index (χ2v) is 5.08. The van der Waals surface area contributed by atoms with Crippen molar-refractivity contribution in [3.05, 3.63) is 28.7 Å². The van der Waals surface area contributed by atoms with Crippen molar-refractivity contribution in [2.24, 2.45) is 5.92 Å². The van der Waals surface area contributed by atoms with Gasteiger partial charge in [0.1, 0.15) is 6.04 Å². The maximum atomic E-state index is 11.1. The predicted octanol–water partition coefficient (Wildman–Crippen LogP) is 3.11. The highest BCUT2D eigenvalue weighted by molar-refractivity contribution is 9.10. The van der Waals surface area contributed by atoms with E-state index in [9.17, 15) is 4.79 Å². The summed E-state index contributed by atoms with van der Waals surface area (Å²) in [6.45, 7) is 0. The molecule has 4 heteroatoms. The van der Waals surface area contributed by atoms with Crippen molar-refractivity contribution in [1.82, 2.24) is 0 Å². The highest BCUT2D eigenvalue weighted by Gasteiger charge is 2.32. The number of carboxylic acids is 1. The summed E-state index contributed by atoms with van der Waals surface area (Å²) in [5.41, 5.74) is 0.855. The topological polar surface area (TPSA) is 49.3 Å². The second kappa shape index (κ2) is 4.87. The van der Waals surface area contributed by atoms with E-state index in [2.05, 4.69) is 21.2 Å². The van der Waals surface area contributed by atoms with Gasteiger partial charge in [-0.2, -0.15) is 0 Å². The third-order valence-corrected chi connectivity index (χ3v) is 3.53. The maximum absolute atomic E-state index is 11.1. The molecule has 1 aliphatic rings. The van der Waals surface area contributed by atoms with E-state index in [1.807, 2.05) is 24.3 Å². The third kappa shape index (κ3) is 2.55. The van der Waals surface area contributed by atoms with Gasteiger partial charge in [0.05, 0.1) is 0 Å². The zero-order valence-electron chi connectivity index (χ0n) is 8.82. The van der Waals surface area contributed by atoms with E-state index in [-0.39, 0.29) is 5.92 Å². The van der Waals surface area contributed by atoms with Gasteiger partial charge in [-0.15, -0.1) is 0 Å². The van der Waals surface area contributed by atoms with Gasteiger partial charge in [0.2, 0.25) is 0 Å². The summed E-state index contributed by atoms with van der Waals surface area (Å²) in [6, 6.07) is 7.15. The highest BCUT2D eigenvalue weighted by Crippen LogP contribution is 2.31. The van der Waals surface area contributed by atoms with Crippen LogP contribution < -0.4 is 5.32 Å². The Morgan fingerprint density at radius 2 is 2.25 bits per heavy atom. The molecule has 1 atom stereocenters. The molecule has 0 amide bonds. The molecule has 2 N–H and O–H groups in total. The standard InChI is InChI=1S/C12H14BrNO2/c13-9-5-2-6-10(7-9)14-11(12(15)16)8-3-1-4-8/h2,5-8,11,14H,1,3-4H2,(H,15,16). The fourth-order valence-electron chi connectivity index (χ4n) is 1.91. The summed E-state index contributed by atoms with van der Waals surface area (Å²) in [5.74, 6) is -0.485. The van der Waals surface area contributed by atoms with Crippen molar-refractivity contribution in [1.29, 1.82) is 0 Å². The molecule has 0 bridgehead atoms. The van der Waals surface area contributed by atoms with Crippen molar-refractivity contribution >= 4 is 27.6 Å². The van der Waals surface area contributed by atoms with Crippen LogP contribution in [0.4, 0.5) is 5.69 Å². The molecule has 3 nitrogen and oxygen atoms in total. The molecule has 1 saturated carbocycles. The molecular weight excluding hydrogens is 270 g/mol. The Morgan fingerprint density at radius 1 is 1.50 bits per heavy atom. The fourth-order valence-corrected chi connectivity index (χ4v) is 2.31. The lowest BCUT2D eigenvalue weighted by Crippen LogP contribution is -2.40. The lowest BCUT2D eigenvalue weighted by molar-refractivity contribution is -0.139. The predicted molar refractivity (Wildman–Crippen MR) is 66.5 cm³/mol. The van der Waals surface area contributed by atoms with E-state index in [1.165, 1.54) is 0 Å². The van der Waals surface area contributed by atoms with Crippen molar-refractivity contribution < 1.29 is 9.90 Å². The van der Waals surface area contributed by atoms with Crippen molar-refractivity contribution in [3.8, 4) is 0 Å². The average molecular weight is 284 g/mol. The quantitative estimate of drug-likeness (QED) is 0.893. The first-order valence-corrected chi connectivity index (χ1v) is 6.21. The Balaban J connectivity index is 2.07. The molecular formula is C12H14BrNO2. The van der Waals surface area contributed by atoms with Crippen molar-refractivity contribution in [2.45, 2.75) is 25.3 Å². The first kappa shape index (κ1) is 11.5. The summed E-state index contributed by atoms with van der Waals surface area (Å²) in [7, 11) is 0. The van der Waals surface area contributed by atoms with Gasteiger partial charge < -0.3 is 10.4 Å². The summed E-state index contributed by atoms with van der Waals surface area (Å²) in [4.78, 5) is 11.1. The lowest BCUT2D eigenvalue weighted by atomic mass is 9.79. The van der Waals surface area contributed by atoms with Crippen LogP contribution in [0.5, 0.6) is 0 Å². The van der Waals surface area contributed by atoms with Gasteiger partial charge in [0.25, 0.3) is 0 Å². The third-order valence-electron chi connectivity index (χ3n) is 3.03. The van der Waals surface area contributed by atoms with Crippen LogP contribution >= 0.6 is 15.9 Å². The summed E-state index contributed by atoms with van der Waals surface area (Å²) < 4.78 is 0.954. The first-order chi connectivity index (χ1) is 7.66. The normalized spacial score (nSPS) is 17.6. The van der Waals surface area contributed by atoms with Gasteiger partial charge in [-0.05, 0) is 37.0 Å². The minimum atomic E-state index is -0.760. The SMILES string of the molecule is O=C(O)C(Nc1cccc(Br)c1)C1CCC1. The van der Waals surface area contributed by atoms with Gasteiger partial charge in [0.15, 0.2) is 0 Å². The Hall–Kier alpha value is -1.03. The second-order valence-electron chi connectivity index (χ2n) is 4.16. The minimum absolute atomic E-state index is 0.275. The van der Waals surface area contributed by atoms with Crippen LogP contribution in [0.15, 0.2) is 28.7 Å². The van der Waals surface area contributed by atoms with Crippen LogP contribution in [0.25, 0.3) is 0 Å². The van der Waals surface area contributed by atoms with Gasteiger partial charge in [-0.1, -0.05) is 28.4 Å². The molecule has 1 aliphatic carbocycles. The van der Waals surface area contributed by atoms with E-state index in [4.69, 9.17) is 5.11 Å². The Morgan fingerprint density at radius 3 is 2.75 bits per heavy atom. The smallest absolute Gasteiger partial charge is 0.326 e. The Bertz CT molecular complexity index is 390. The molecule has 0 aliphatic heterocycles. The number of aliphatic carboxylic acids is 1. The van der Waals surface area contributed by atoms with Crippen LogP contribution in [0, 0.1) is 5.92 Å². The number of carbonyl (C=O) groups is 1. The molecule has 1 fully saturated rings. The molecule has 0 radical (unpaired) electrons. The van der Waals surface area contributed by atoms with E-state index in [0.717, 1.165) is 29.4 Å².